The van der Waals surface area contributed by atoms with Crippen molar-refractivity contribution in [3.8, 4) is 0 Å². The number of amides is 1. The summed E-state index contributed by atoms with van der Waals surface area (Å²) in [7, 11) is 0. The average Bonchev–Trinajstić information content (AvgIpc) is 2.45. The van der Waals surface area contributed by atoms with Crippen molar-refractivity contribution in [1.29, 1.82) is 0 Å². The van der Waals surface area contributed by atoms with E-state index in [9.17, 15) is 9.59 Å². The Hall–Kier alpha value is -1.52. The maximum absolute atomic E-state index is 11.5. The van der Waals surface area contributed by atoms with Gasteiger partial charge in [-0.1, -0.05) is 12.2 Å². The van der Waals surface area contributed by atoms with Gasteiger partial charge in [-0.2, -0.15) is 0 Å². The molecule has 0 spiro atoms. The molecule has 1 amide bonds. The fourth-order valence-electron chi connectivity index (χ4n) is 1.64. The zero-order chi connectivity index (χ0) is 13.3. The van der Waals surface area contributed by atoms with Crippen LogP contribution in [0.25, 0.3) is 0 Å². The van der Waals surface area contributed by atoms with Gasteiger partial charge >= 0.3 is 12.1 Å². The summed E-state index contributed by atoms with van der Waals surface area (Å²) in [6.45, 7) is 6.96. The van der Waals surface area contributed by atoms with E-state index in [-0.39, 0.29) is 6.04 Å². The summed E-state index contributed by atoms with van der Waals surface area (Å²) < 4.78 is 5.10. The molecule has 2 atom stereocenters. The first-order valence-electron chi connectivity index (χ1n) is 5.55. The molecular formula is C12H19NO4. The lowest BCUT2D eigenvalue weighted by molar-refractivity contribution is -0.145. The van der Waals surface area contributed by atoms with Gasteiger partial charge in [-0.05, 0) is 34.1 Å². The van der Waals surface area contributed by atoms with Gasteiger partial charge in [-0.3, -0.25) is 4.79 Å². The maximum atomic E-state index is 11.5. The summed E-state index contributed by atoms with van der Waals surface area (Å²) in [6.07, 6.45) is 3.12. The molecule has 0 aromatic rings. The van der Waals surface area contributed by atoms with Crippen LogP contribution in [-0.2, 0) is 9.53 Å². The van der Waals surface area contributed by atoms with E-state index in [1.54, 1.807) is 39.8 Å². The molecule has 0 heterocycles. The number of carbonyl (C=O) groups is 2. The number of hydrogen-bond acceptors (Lipinski definition) is 3. The van der Waals surface area contributed by atoms with Crippen LogP contribution in [-0.4, -0.2) is 28.8 Å². The van der Waals surface area contributed by atoms with Gasteiger partial charge in [-0.15, -0.1) is 0 Å². The molecule has 2 N–H and O–H groups in total. The minimum atomic E-state index is -0.903. The third kappa shape index (κ3) is 3.76. The van der Waals surface area contributed by atoms with E-state index < -0.39 is 23.1 Å². The molecule has 0 unspecified atom stereocenters. The Kier molecular flexibility index (Phi) is 3.50. The van der Waals surface area contributed by atoms with Crippen LogP contribution in [0.15, 0.2) is 12.2 Å². The van der Waals surface area contributed by atoms with Crippen LogP contribution < -0.4 is 5.32 Å². The van der Waals surface area contributed by atoms with Crippen molar-refractivity contribution < 1.29 is 19.4 Å². The lowest BCUT2D eigenvalue weighted by Crippen LogP contribution is -2.39. The van der Waals surface area contributed by atoms with Gasteiger partial charge < -0.3 is 15.2 Å². The van der Waals surface area contributed by atoms with Crippen molar-refractivity contribution in [1.82, 2.24) is 5.32 Å². The largest absolute Gasteiger partial charge is 0.481 e. The van der Waals surface area contributed by atoms with Crippen LogP contribution >= 0.6 is 0 Å². The second kappa shape index (κ2) is 4.39. The minimum Gasteiger partial charge on any atom is -0.481 e. The lowest BCUT2D eigenvalue weighted by Gasteiger charge is -2.22. The van der Waals surface area contributed by atoms with E-state index in [0.717, 1.165) is 0 Å². The molecule has 17 heavy (non-hydrogen) atoms. The summed E-state index contributed by atoms with van der Waals surface area (Å²) in [5.41, 5.74) is -1.46. The third-order valence-corrected chi connectivity index (χ3v) is 2.53. The highest BCUT2D eigenvalue weighted by atomic mass is 16.6. The topological polar surface area (TPSA) is 75.6 Å². The Morgan fingerprint density at radius 2 is 2.06 bits per heavy atom. The van der Waals surface area contributed by atoms with Gasteiger partial charge in [0.25, 0.3) is 0 Å². The molecule has 0 bridgehead atoms. The number of rotatable bonds is 2. The molecule has 0 saturated heterocycles. The van der Waals surface area contributed by atoms with Crippen molar-refractivity contribution in [3.05, 3.63) is 12.2 Å². The van der Waals surface area contributed by atoms with Crippen LogP contribution in [0.3, 0.4) is 0 Å². The Labute approximate surface area is 101 Å². The number of aliphatic carboxylic acids is 1. The molecule has 1 rings (SSSR count). The Morgan fingerprint density at radius 1 is 1.47 bits per heavy atom. The molecule has 0 fully saturated rings. The third-order valence-electron chi connectivity index (χ3n) is 2.53. The molecular weight excluding hydrogens is 222 g/mol. The van der Waals surface area contributed by atoms with E-state index in [0.29, 0.717) is 6.42 Å². The molecule has 96 valence electrons. The van der Waals surface area contributed by atoms with Crippen molar-refractivity contribution in [3.63, 3.8) is 0 Å². The standard InChI is InChI=1S/C12H19NO4/c1-11(2,3)17-10(16)13-8-5-6-12(4,7-8)9(14)15/h5-6,8H,7H2,1-4H3,(H,13,16)(H,14,15)/t8-,12+/m1/s1. The van der Waals surface area contributed by atoms with E-state index in [4.69, 9.17) is 9.84 Å². The highest BCUT2D eigenvalue weighted by molar-refractivity contribution is 5.78. The first-order valence-corrected chi connectivity index (χ1v) is 5.55. The molecule has 0 aliphatic heterocycles. The number of ether oxygens (including phenoxy) is 1. The zero-order valence-electron chi connectivity index (χ0n) is 10.6. The van der Waals surface area contributed by atoms with Gasteiger partial charge in [0.2, 0.25) is 0 Å². The highest BCUT2D eigenvalue weighted by Crippen LogP contribution is 2.31. The fourth-order valence-corrected chi connectivity index (χ4v) is 1.64. The number of nitrogens with one attached hydrogen (secondary N) is 1. The number of alkyl carbamates (subject to hydrolysis) is 1. The first kappa shape index (κ1) is 13.5. The second-order valence-corrected chi connectivity index (χ2v) is 5.54. The number of carboxylic acid groups (broad SMARTS) is 1. The van der Waals surface area contributed by atoms with Crippen LogP contribution in [0.2, 0.25) is 0 Å². The van der Waals surface area contributed by atoms with Gasteiger partial charge in [0, 0.05) is 0 Å². The molecule has 0 aromatic heterocycles. The summed E-state index contributed by atoms with van der Waals surface area (Å²) in [5.74, 6) is -0.887. The van der Waals surface area contributed by atoms with Gasteiger partial charge in [0.1, 0.15) is 5.60 Å². The fraction of sp³-hybridized carbons (Fsp3) is 0.667. The molecule has 0 aromatic carbocycles. The molecule has 1 aliphatic rings. The molecule has 5 heteroatoms. The van der Waals surface area contributed by atoms with Crippen LogP contribution in [0.4, 0.5) is 4.79 Å². The van der Waals surface area contributed by atoms with Crippen LogP contribution in [0.5, 0.6) is 0 Å². The molecule has 0 saturated carbocycles. The number of carboxylic acids is 1. The molecule has 5 nitrogen and oxygen atoms in total. The van der Waals surface area contributed by atoms with E-state index >= 15 is 0 Å². The Balaban J connectivity index is 2.50. The van der Waals surface area contributed by atoms with E-state index in [2.05, 4.69) is 5.32 Å². The predicted molar refractivity (Wildman–Crippen MR) is 62.7 cm³/mol. The van der Waals surface area contributed by atoms with Crippen molar-refractivity contribution in [2.45, 2.75) is 45.8 Å². The Morgan fingerprint density at radius 3 is 2.47 bits per heavy atom. The average molecular weight is 241 g/mol. The summed E-state index contributed by atoms with van der Waals surface area (Å²) >= 11 is 0. The van der Waals surface area contributed by atoms with Crippen LogP contribution in [0.1, 0.15) is 34.1 Å². The van der Waals surface area contributed by atoms with Crippen molar-refractivity contribution in [2.24, 2.45) is 5.41 Å². The SMILES string of the molecule is CC(C)(C)OC(=O)N[C@@H]1C=C[C@](C)(C(=O)O)C1. The van der Waals surface area contributed by atoms with Crippen LogP contribution in [0, 0.1) is 5.41 Å². The second-order valence-electron chi connectivity index (χ2n) is 5.54. The van der Waals surface area contributed by atoms with Gasteiger partial charge in [0.05, 0.1) is 11.5 Å². The zero-order valence-corrected chi connectivity index (χ0v) is 10.6. The maximum Gasteiger partial charge on any atom is 0.408 e. The monoisotopic (exact) mass is 241 g/mol. The number of hydrogen-bond donors (Lipinski definition) is 2. The van der Waals surface area contributed by atoms with E-state index in [1.807, 2.05) is 0 Å². The summed E-state index contributed by atoms with van der Waals surface area (Å²) in [5, 5.41) is 11.6. The smallest absolute Gasteiger partial charge is 0.408 e. The van der Waals surface area contributed by atoms with E-state index in [1.165, 1.54) is 0 Å². The Bertz CT molecular complexity index is 356. The van der Waals surface area contributed by atoms with Gasteiger partial charge in [0.15, 0.2) is 0 Å². The van der Waals surface area contributed by atoms with Crippen molar-refractivity contribution >= 4 is 12.1 Å². The highest BCUT2D eigenvalue weighted by Gasteiger charge is 2.37. The lowest BCUT2D eigenvalue weighted by atomic mass is 9.90. The van der Waals surface area contributed by atoms with Gasteiger partial charge in [-0.25, -0.2) is 4.79 Å². The van der Waals surface area contributed by atoms with Crippen molar-refractivity contribution in [2.75, 3.05) is 0 Å². The minimum absolute atomic E-state index is 0.286. The predicted octanol–water partition coefficient (Wildman–Crippen LogP) is 1.93. The quantitative estimate of drug-likeness (QED) is 0.724. The first-order chi connectivity index (χ1) is 7.62. The summed E-state index contributed by atoms with van der Waals surface area (Å²) in [4.78, 5) is 22.5. The molecule has 1 aliphatic carbocycles. The summed E-state index contributed by atoms with van der Waals surface area (Å²) in [6, 6.07) is -0.286. The number of carbonyl (C=O) groups excluding carboxylic acids is 1. The molecule has 0 radical (unpaired) electrons. The normalized spacial score (nSPS) is 27.9.